The highest BCUT2D eigenvalue weighted by Crippen LogP contribution is 2.20. The maximum absolute atomic E-state index is 12.2. The first-order chi connectivity index (χ1) is 10.8. The zero-order chi connectivity index (χ0) is 17.0. The van der Waals surface area contributed by atoms with Gasteiger partial charge < -0.3 is 19.7 Å². The van der Waals surface area contributed by atoms with E-state index in [1.54, 1.807) is 11.0 Å². The molecule has 2 rings (SSSR count). The van der Waals surface area contributed by atoms with Crippen molar-refractivity contribution in [3.63, 3.8) is 0 Å². The van der Waals surface area contributed by atoms with Gasteiger partial charge in [0.25, 0.3) is 0 Å². The molecule has 0 aliphatic carbocycles. The molecule has 2 heterocycles. The molecule has 8 heteroatoms. The lowest BCUT2D eigenvalue weighted by molar-refractivity contribution is 0.0206. The fourth-order valence-electron chi connectivity index (χ4n) is 2.34. The first-order valence-electron chi connectivity index (χ1n) is 7.60. The molecule has 0 spiro atoms. The standard InChI is InChI=1S/C15H23ClN4O3/c1-15(2,3)23-14(21)20-7-5-6-10(9-20)17-13-18-11(16)8-12(19-13)22-4/h8,10H,5-7,9H2,1-4H3,(H,17,18,19). The van der Waals surface area contributed by atoms with Crippen molar-refractivity contribution in [3.05, 3.63) is 11.2 Å². The molecule has 1 N–H and O–H groups in total. The van der Waals surface area contributed by atoms with E-state index in [0.717, 1.165) is 12.8 Å². The van der Waals surface area contributed by atoms with Crippen LogP contribution in [0.4, 0.5) is 10.7 Å². The van der Waals surface area contributed by atoms with E-state index < -0.39 is 5.60 Å². The summed E-state index contributed by atoms with van der Waals surface area (Å²) in [5.74, 6) is 0.790. The van der Waals surface area contributed by atoms with Gasteiger partial charge >= 0.3 is 6.09 Å². The van der Waals surface area contributed by atoms with Gasteiger partial charge in [-0.2, -0.15) is 4.98 Å². The second-order valence-electron chi connectivity index (χ2n) is 6.47. The highest BCUT2D eigenvalue weighted by molar-refractivity contribution is 6.29. The van der Waals surface area contributed by atoms with E-state index in [2.05, 4.69) is 15.3 Å². The lowest BCUT2D eigenvalue weighted by Crippen LogP contribution is -2.47. The molecule has 0 saturated carbocycles. The monoisotopic (exact) mass is 342 g/mol. The summed E-state index contributed by atoms with van der Waals surface area (Å²) in [5, 5.41) is 3.51. The summed E-state index contributed by atoms with van der Waals surface area (Å²) in [6.07, 6.45) is 1.50. The molecular weight excluding hydrogens is 320 g/mol. The number of anilines is 1. The highest BCUT2D eigenvalue weighted by atomic mass is 35.5. The molecule has 1 aliphatic heterocycles. The average molecular weight is 343 g/mol. The van der Waals surface area contributed by atoms with Crippen molar-refractivity contribution in [2.45, 2.75) is 45.3 Å². The molecule has 1 aromatic rings. The number of hydrogen-bond donors (Lipinski definition) is 1. The fourth-order valence-corrected chi connectivity index (χ4v) is 2.51. The van der Waals surface area contributed by atoms with Crippen LogP contribution >= 0.6 is 11.6 Å². The summed E-state index contributed by atoms with van der Waals surface area (Å²) >= 11 is 5.94. The number of halogens is 1. The topological polar surface area (TPSA) is 76.6 Å². The van der Waals surface area contributed by atoms with E-state index in [0.29, 0.717) is 30.1 Å². The molecule has 1 unspecified atom stereocenters. The van der Waals surface area contributed by atoms with Crippen molar-refractivity contribution in [2.75, 3.05) is 25.5 Å². The SMILES string of the molecule is COc1cc(Cl)nc(NC2CCCN(C(=O)OC(C)(C)C)C2)n1. The molecular formula is C15H23ClN4O3. The number of rotatable bonds is 3. The van der Waals surface area contributed by atoms with Gasteiger partial charge in [0.05, 0.1) is 7.11 Å². The molecule has 0 aromatic carbocycles. The number of nitrogens with one attached hydrogen (secondary N) is 1. The van der Waals surface area contributed by atoms with Crippen molar-refractivity contribution >= 4 is 23.6 Å². The number of piperidine rings is 1. The van der Waals surface area contributed by atoms with E-state index in [1.165, 1.54) is 7.11 Å². The summed E-state index contributed by atoms with van der Waals surface area (Å²) in [6, 6.07) is 1.58. The maximum atomic E-state index is 12.2. The number of nitrogens with zero attached hydrogens (tertiary/aromatic N) is 3. The summed E-state index contributed by atoms with van der Waals surface area (Å²) in [7, 11) is 1.52. The van der Waals surface area contributed by atoms with E-state index >= 15 is 0 Å². The van der Waals surface area contributed by atoms with Crippen LogP contribution < -0.4 is 10.1 Å². The second-order valence-corrected chi connectivity index (χ2v) is 6.85. The quantitative estimate of drug-likeness (QED) is 0.851. The van der Waals surface area contributed by atoms with Gasteiger partial charge in [0.2, 0.25) is 11.8 Å². The van der Waals surface area contributed by atoms with Crippen molar-refractivity contribution in [1.82, 2.24) is 14.9 Å². The number of carbonyl (C=O) groups is 1. The van der Waals surface area contributed by atoms with Gasteiger partial charge in [0.15, 0.2) is 0 Å². The molecule has 1 saturated heterocycles. The van der Waals surface area contributed by atoms with Crippen LogP contribution in [-0.4, -0.2) is 52.8 Å². The smallest absolute Gasteiger partial charge is 0.410 e. The lowest BCUT2D eigenvalue weighted by atomic mass is 10.1. The molecule has 0 bridgehead atoms. The molecule has 1 atom stereocenters. The Morgan fingerprint density at radius 3 is 2.83 bits per heavy atom. The van der Waals surface area contributed by atoms with E-state index in [1.807, 2.05) is 20.8 Å². The Kier molecular flexibility index (Phi) is 5.51. The summed E-state index contributed by atoms with van der Waals surface area (Å²) in [4.78, 5) is 22.2. The van der Waals surface area contributed by atoms with Crippen LogP contribution in [0, 0.1) is 0 Å². The van der Waals surface area contributed by atoms with Crippen LogP contribution in [0.25, 0.3) is 0 Å². The number of likely N-dealkylation sites (tertiary alicyclic amines) is 1. The second kappa shape index (κ2) is 7.21. The minimum atomic E-state index is -0.499. The zero-order valence-corrected chi connectivity index (χ0v) is 14.7. The predicted octanol–water partition coefficient (Wildman–Crippen LogP) is 2.95. The number of amides is 1. The van der Waals surface area contributed by atoms with Crippen molar-refractivity contribution < 1.29 is 14.3 Å². The minimum Gasteiger partial charge on any atom is -0.481 e. The van der Waals surface area contributed by atoms with Gasteiger partial charge in [-0.05, 0) is 33.6 Å². The third kappa shape index (κ3) is 5.42. The van der Waals surface area contributed by atoms with Gasteiger partial charge in [0.1, 0.15) is 10.8 Å². The van der Waals surface area contributed by atoms with Gasteiger partial charge in [-0.1, -0.05) is 11.6 Å². The lowest BCUT2D eigenvalue weighted by Gasteiger charge is -2.34. The average Bonchev–Trinajstić information content (AvgIpc) is 2.45. The third-order valence-corrected chi connectivity index (χ3v) is 3.48. The highest BCUT2D eigenvalue weighted by Gasteiger charge is 2.28. The van der Waals surface area contributed by atoms with Crippen LogP contribution in [0.3, 0.4) is 0 Å². The molecule has 23 heavy (non-hydrogen) atoms. The summed E-state index contributed by atoms with van der Waals surface area (Å²) in [5.41, 5.74) is -0.499. The number of carbonyl (C=O) groups excluding carboxylic acids is 1. The van der Waals surface area contributed by atoms with Crippen molar-refractivity contribution in [3.8, 4) is 5.88 Å². The zero-order valence-electron chi connectivity index (χ0n) is 13.9. The maximum Gasteiger partial charge on any atom is 0.410 e. The fraction of sp³-hybridized carbons (Fsp3) is 0.667. The van der Waals surface area contributed by atoms with Crippen molar-refractivity contribution in [1.29, 1.82) is 0 Å². The Labute approximate surface area is 141 Å². The number of ether oxygens (including phenoxy) is 2. The van der Waals surface area contributed by atoms with Crippen LogP contribution in [0.2, 0.25) is 5.15 Å². The number of hydrogen-bond acceptors (Lipinski definition) is 6. The first-order valence-corrected chi connectivity index (χ1v) is 7.97. The Balaban J connectivity index is 1.99. The molecule has 1 amide bonds. The predicted molar refractivity (Wildman–Crippen MR) is 88.0 cm³/mol. The Morgan fingerprint density at radius 1 is 1.43 bits per heavy atom. The molecule has 0 radical (unpaired) electrons. The molecule has 1 aromatic heterocycles. The van der Waals surface area contributed by atoms with Gasteiger partial charge in [-0.3, -0.25) is 0 Å². The first kappa shape index (κ1) is 17.6. The van der Waals surface area contributed by atoms with Gasteiger partial charge in [-0.15, -0.1) is 0 Å². The van der Waals surface area contributed by atoms with Gasteiger partial charge in [-0.25, -0.2) is 9.78 Å². The van der Waals surface area contributed by atoms with E-state index in [-0.39, 0.29) is 12.1 Å². The van der Waals surface area contributed by atoms with E-state index in [9.17, 15) is 4.79 Å². The Morgan fingerprint density at radius 2 is 2.17 bits per heavy atom. The summed E-state index contributed by atoms with van der Waals surface area (Å²) < 4.78 is 10.5. The van der Waals surface area contributed by atoms with Crippen LogP contribution in [0.15, 0.2) is 6.07 Å². The molecule has 1 aliphatic rings. The largest absolute Gasteiger partial charge is 0.481 e. The van der Waals surface area contributed by atoms with E-state index in [4.69, 9.17) is 21.1 Å². The van der Waals surface area contributed by atoms with Crippen LogP contribution in [-0.2, 0) is 4.74 Å². The molecule has 7 nitrogen and oxygen atoms in total. The minimum absolute atomic E-state index is 0.0411. The Hall–Kier alpha value is -1.76. The number of aromatic nitrogens is 2. The van der Waals surface area contributed by atoms with Crippen LogP contribution in [0.5, 0.6) is 5.88 Å². The Bertz CT molecular complexity index is 562. The normalized spacial score (nSPS) is 18.5. The summed E-state index contributed by atoms with van der Waals surface area (Å²) in [6.45, 7) is 6.80. The van der Waals surface area contributed by atoms with Crippen molar-refractivity contribution in [2.24, 2.45) is 0 Å². The molecule has 128 valence electrons. The third-order valence-electron chi connectivity index (χ3n) is 3.29. The number of methoxy groups -OCH3 is 1. The molecule has 1 fully saturated rings. The van der Waals surface area contributed by atoms with Gasteiger partial charge in [0, 0.05) is 25.2 Å². The van der Waals surface area contributed by atoms with Crippen LogP contribution in [0.1, 0.15) is 33.6 Å².